The molecule has 0 aromatic heterocycles. The number of urea groups is 1. The van der Waals surface area contributed by atoms with E-state index in [1.54, 1.807) is 24.3 Å². The number of nitrogens with one attached hydrogen (secondary N) is 3. The first-order valence-electron chi connectivity index (χ1n) is 12.4. The normalized spacial score (nSPS) is 17.1. The molecule has 0 bridgehead atoms. The minimum atomic E-state index is -1.05. The number of carbonyl (C=O) groups is 5. The van der Waals surface area contributed by atoms with Crippen LogP contribution in [-0.2, 0) is 16.1 Å². The van der Waals surface area contributed by atoms with Crippen molar-refractivity contribution in [2.24, 2.45) is 0 Å². The number of imide groups is 2. The maximum atomic E-state index is 13.0. The van der Waals surface area contributed by atoms with Gasteiger partial charge in [-0.05, 0) is 47.4 Å². The summed E-state index contributed by atoms with van der Waals surface area (Å²) in [5.74, 6) is -2.90. The van der Waals surface area contributed by atoms with E-state index in [1.165, 1.54) is 12.1 Å². The molecule has 6 amide bonds. The van der Waals surface area contributed by atoms with Crippen molar-refractivity contribution in [3.8, 4) is 6.07 Å². The van der Waals surface area contributed by atoms with E-state index in [4.69, 9.17) is 11.6 Å². The minimum Gasteiger partial charge on any atom is -0.334 e. The number of fused-ring (bicyclic) bond motifs is 1. The summed E-state index contributed by atoms with van der Waals surface area (Å²) in [6, 6.07) is 19.4. The molecule has 0 saturated carbocycles. The summed E-state index contributed by atoms with van der Waals surface area (Å²) in [5, 5.41) is 17.5. The number of hydrogen-bond acceptors (Lipinski definition) is 6. The summed E-state index contributed by atoms with van der Waals surface area (Å²) < 4.78 is 0. The van der Waals surface area contributed by atoms with Gasteiger partial charge in [-0.25, -0.2) is 4.79 Å². The number of halogens is 1. The quantitative estimate of drug-likeness (QED) is 0.395. The number of anilines is 1. The average Bonchev–Trinajstić information content (AvgIpc) is 3.18. The number of carbonyl (C=O) groups excluding carboxylic acids is 5. The molecule has 2 aliphatic heterocycles. The van der Waals surface area contributed by atoms with Crippen molar-refractivity contribution in [3.63, 3.8) is 0 Å². The summed E-state index contributed by atoms with van der Waals surface area (Å²) in [4.78, 5) is 62.9. The molecule has 2 atom stereocenters. The fourth-order valence-corrected chi connectivity index (χ4v) is 5.08. The van der Waals surface area contributed by atoms with Gasteiger partial charge in [0.15, 0.2) is 0 Å². The molecule has 10 nitrogen and oxygen atoms in total. The van der Waals surface area contributed by atoms with E-state index in [-0.39, 0.29) is 30.5 Å². The molecule has 2 unspecified atom stereocenters. The molecule has 0 aliphatic carbocycles. The molecule has 40 heavy (non-hydrogen) atoms. The molecule has 11 heteroatoms. The second-order valence-electron chi connectivity index (χ2n) is 9.34. The van der Waals surface area contributed by atoms with Crippen LogP contribution in [0.4, 0.5) is 10.5 Å². The van der Waals surface area contributed by atoms with Gasteiger partial charge in [-0.3, -0.25) is 29.4 Å². The Bertz CT molecular complexity index is 1600. The lowest BCUT2D eigenvalue weighted by atomic mass is 9.92. The van der Waals surface area contributed by atoms with Crippen molar-refractivity contribution >= 4 is 46.9 Å². The number of benzene rings is 3. The van der Waals surface area contributed by atoms with Crippen LogP contribution in [0, 0.1) is 11.3 Å². The summed E-state index contributed by atoms with van der Waals surface area (Å²) in [5.41, 5.74) is 2.69. The second kappa shape index (κ2) is 11.0. The molecule has 3 aromatic rings. The van der Waals surface area contributed by atoms with Crippen LogP contribution in [0.3, 0.4) is 0 Å². The first-order valence-corrected chi connectivity index (χ1v) is 12.8. The van der Waals surface area contributed by atoms with Gasteiger partial charge in [0.1, 0.15) is 6.04 Å². The highest BCUT2D eigenvalue weighted by molar-refractivity contribution is 6.32. The molecule has 3 aromatic carbocycles. The zero-order valence-corrected chi connectivity index (χ0v) is 21.7. The van der Waals surface area contributed by atoms with Gasteiger partial charge in [-0.15, -0.1) is 0 Å². The SMILES string of the molecule is N#CC(c1ccccc1)c1ccc(NC(=O)NCc2ccc3c(c2)C(=O)N(C2CCC(=O)NC2=O)C3=O)cc1Cl. The van der Waals surface area contributed by atoms with Crippen LogP contribution in [-0.4, -0.2) is 40.6 Å². The van der Waals surface area contributed by atoms with Crippen LogP contribution in [0.2, 0.25) is 5.02 Å². The van der Waals surface area contributed by atoms with Crippen molar-refractivity contribution in [1.29, 1.82) is 5.26 Å². The summed E-state index contributed by atoms with van der Waals surface area (Å²) in [6.45, 7) is 0.0509. The third-order valence-corrected chi connectivity index (χ3v) is 7.12. The van der Waals surface area contributed by atoms with E-state index in [2.05, 4.69) is 22.0 Å². The zero-order chi connectivity index (χ0) is 28.4. The fourth-order valence-electron chi connectivity index (χ4n) is 4.79. The Morgan fingerprint density at radius 1 is 1.02 bits per heavy atom. The highest BCUT2D eigenvalue weighted by atomic mass is 35.5. The predicted octanol–water partition coefficient (Wildman–Crippen LogP) is 3.72. The van der Waals surface area contributed by atoms with Crippen molar-refractivity contribution in [1.82, 2.24) is 15.5 Å². The van der Waals surface area contributed by atoms with Crippen molar-refractivity contribution in [3.05, 3.63) is 99.6 Å². The molecule has 1 fully saturated rings. The monoisotopic (exact) mass is 555 g/mol. The second-order valence-corrected chi connectivity index (χ2v) is 9.75. The number of hydrogen-bond donors (Lipinski definition) is 3. The Kier molecular flexibility index (Phi) is 7.31. The third-order valence-electron chi connectivity index (χ3n) is 6.79. The lowest BCUT2D eigenvalue weighted by Crippen LogP contribution is -2.54. The topological polar surface area (TPSA) is 148 Å². The van der Waals surface area contributed by atoms with Crippen molar-refractivity contribution in [2.45, 2.75) is 31.3 Å². The van der Waals surface area contributed by atoms with Crippen LogP contribution >= 0.6 is 11.6 Å². The molecule has 1 saturated heterocycles. The highest BCUT2D eigenvalue weighted by Crippen LogP contribution is 2.32. The largest absolute Gasteiger partial charge is 0.334 e. The summed E-state index contributed by atoms with van der Waals surface area (Å²) >= 11 is 6.44. The van der Waals surface area contributed by atoms with Gasteiger partial charge in [0.05, 0.1) is 23.1 Å². The van der Waals surface area contributed by atoms with E-state index in [0.29, 0.717) is 21.8 Å². The van der Waals surface area contributed by atoms with Crippen LogP contribution < -0.4 is 16.0 Å². The Hall–Kier alpha value is -5.01. The first kappa shape index (κ1) is 26.6. The lowest BCUT2D eigenvalue weighted by Gasteiger charge is -2.27. The molecule has 200 valence electrons. The predicted molar refractivity (Wildman–Crippen MR) is 144 cm³/mol. The standard InChI is InChI=1S/C29H22ClN5O5/c30-23-13-18(7-9-19(23)22(14-31)17-4-2-1-3-5-17)33-29(40)32-15-16-6-8-20-21(12-16)28(39)35(27(20)38)24-10-11-25(36)34-26(24)37/h1-9,12-13,22,24H,10-11,15H2,(H2,32,33,40)(H,34,36,37). The Morgan fingerprint density at radius 3 is 2.48 bits per heavy atom. The van der Waals surface area contributed by atoms with Crippen LogP contribution in [0.15, 0.2) is 66.7 Å². The first-order chi connectivity index (χ1) is 19.3. The van der Waals surface area contributed by atoms with E-state index in [0.717, 1.165) is 10.5 Å². The van der Waals surface area contributed by atoms with E-state index < -0.39 is 41.6 Å². The number of amides is 6. The molecule has 0 radical (unpaired) electrons. The average molecular weight is 556 g/mol. The third kappa shape index (κ3) is 5.15. The van der Waals surface area contributed by atoms with Crippen molar-refractivity contribution in [2.75, 3.05) is 5.32 Å². The Labute approximate surface area is 233 Å². The fraction of sp³-hybridized carbons (Fsp3) is 0.172. The molecule has 5 rings (SSSR count). The van der Waals surface area contributed by atoms with Gasteiger partial charge in [0.25, 0.3) is 11.8 Å². The van der Waals surface area contributed by atoms with Gasteiger partial charge in [-0.1, -0.05) is 54.1 Å². The summed E-state index contributed by atoms with van der Waals surface area (Å²) in [6.07, 6.45) is 0.104. The number of rotatable bonds is 6. The van der Waals surface area contributed by atoms with Gasteiger partial charge in [0.2, 0.25) is 11.8 Å². The van der Waals surface area contributed by atoms with E-state index in [9.17, 15) is 29.2 Å². The number of nitriles is 1. The van der Waals surface area contributed by atoms with Crippen LogP contribution in [0.5, 0.6) is 0 Å². The Balaban J connectivity index is 1.22. The summed E-state index contributed by atoms with van der Waals surface area (Å²) in [7, 11) is 0. The maximum Gasteiger partial charge on any atom is 0.319 e. The zero-order valence-electron chi connectivity index (χ0n) is 20.9. The highest BCUT2D eigenvalue weighted by Gasteiger charge is 2.44. The van der Waals surface area contributed by atoms with Crippen LogP contribution in [0.25, 0.3) is 0 Å². The smallest absolute Gasteiger partial charge is 0.319 e. The van der Waals surface area contributed by atoms with Gasteiger partial charge in [-0.2, -0.15) is 5.26 Å². The van der Waals surface area contributed by atoms with Gasteiger partial charge < -0.3 is 10.6 Å². The van der Waals surface area contributed by atoms with Gasteiger partial charge >= 0.3 is 6.03 Å². The van der Waals surface area contributed by atoms with E-state index in [1.807, 2.05) is 30.3 Å². The molecule has 2 heterocycles. The molecule has 3 N–H and O–H groups in total. The van der Waals surface area contributed by atoms with Gasteiger partial charge in [0, 0.05) is 23.7 Å². The minimum absolute atomic E-state index is 0.0357. The number of nitrogens with zero attached hydrogens (tertiary/aromatic N) is 2. The van der Waals surface area contributed by atoms with E-state index >= 15 is 0 Å². The number of piperidine rings is 1. The Morgan fingerprint density at radius 2 is 1.77 bits per heavy atom. The van der Waals surface area contributed by atoms with Crippen molar-refractivity contribution < 1.29 is 24.0 Å². The maximum absolute atomic E-state index is 13.0. The van der Waals surface area contributed by atoms with Crippen LogP contribution in [0.1, 0.15) is 56.2 Å². The molecular formula is C29H22ClN5O5. The molecule has 2 aliphatic rings. The molecule has 0 spiro atoms. The lowest BCUT2D eigenvalue weighted by molar-refractivity contribution is -0.136. The molecular weight excluding hydrogens is 534 g/mol.